The number of fused-ring (bicyclic) bond motifs is 1. The molecule has 7 amide bonds. The Balaban J connectivity index is 1.03. The minimum atomic E-state index is -0.958. The summed E-state index contributed by atoms with van der Waals surface area (Å²) in [6, 6.07) is 7.58. The fourth-order valence-electron chi connectivity index (χ4n) is 8.46. The number of thioether (sulfide) groups is 1. The SMILES string of the molecule is CCCCC(=O)NCCCOCCOCCOCCOCCOCCOCCOCCOCCOCCOCCOCCOCCC(=O)N[C@H](Cc1ccccc1)C(=O)NC(CCCCNC(=O)CCCC[C@@H]1SCC2NC(=O)NC21)C(N)=O. The van der Waals surface area contributed by atoms with Crippen molar-refractivity contribution in [1.82, 2.24) is 31.9 Å². The number of urea groups is 1. The van der Waals surface area contributed by atoms with Crippen LogP contribution in [0, 0.1) is 0 Å². The summed E-state index contributed by atoms with van der Waals surface area (Å²) in [5.74, 6) is -0.627. The average Bonchev–Trinajstić information content (AvgIpc) is 4.18. The largest absolute Gasteiger partial charge is 0.379 e. The third kappa shape index (κ3) is 40.2. The van der Waals surface area contributed by atoms with Crippen LogP contribution >= 0.6 is 11.8 Å². The first-order valence-corrected chi connectivity index (χ1v) is 31.3. The molecule has 26 heteroatoms. The van der Waals surface area contributed by atoms with Crippen LogP contribution in [0.2, 0.25) is 0 Å². The lowest BCUT2D eigenvalue weighted by Crippen LogP contribution is -2.53. The second kappa shape index (κ2) is 51.9. The summed E-state index contributed by atoms with van der Waals surface area (Å²) in [5, 5.41) is 17.6. The maximum absolute atomic E-state index is 13.5. The van der Waals surface area contributed by atoms with Gasteiger partial charge in [-0.25, -0.2) is 4.79 Å². The number of ether oxygens (including phenoxy) is 12. The highest BCUT2D eigenvalue weighted by molar-refractivity contribution is 8.00. The molecule has 2 heterocycles. The first kappa shape index (κ1) is 74.0. The number of carbonyl (C=O) groups is 6. The second-order valence-corrected chi connectivity index (χ2v) is 21.2. The predicted octanol–water partition coefficient (Wildman–Crippen LogP) is 1.98. The van der Waals surface area contributed by atoms with Crippen molar-refractivity contribution in [3.63, 3.8) is 0 Å². The lowest BCUT2D eigenvalue weighted by Gasteiger charge is -2.22. The van der Waals surface area contributed by atoms with Gasteiger partial charge in [0.15, 0.2) is 0 Å². The Hall–Kier alpha value is -4.29. The van der Waals surface area contributed by atoms with Crippen LogP contribution in [0.5, 0.6) is 0 Å². The van der Waals surface area contributed by atoms with E-state index < -0.39 is 23.9 Å². The molecule has 3 rings (SSSR count). The maximum Gasteiger partial charge on any atom is 0.315 e. The molecule has 2 fully saturated rings. The molecule has 0 saturated carbocycles. The normalized spacial score (nSPS) is 16.2. The van der Waals surface area contributed by atoms with Gasteiger partial charge in [-0.2, -0.15) is 11.8 Å². The van der Waals surface area contributed by atoms with Crippen LogP contribution in [0.15, 0.2) is 30.3 Å². The third-order valence-corrected chi connectivity index (χ3v) is 14.5. The molecule has 2 saturated heterocycles. The molecule has 8 N–H and O–H groups in total. The lowest BCUT2D eigenvalue weighted by molar-refractivity contribution is -0.131. The molecule has 0 bridgehead atoms. The van der Waals surface area contributed by atoms with Crippen molar-refractivity contribution in [1.29, 1.82) is 0 Å². The highest BCUT2D eigenvalue weighted by Crippen LogP contribution is 2.33. The number of hydrogen-bond acceptors (Lipinski definition) is 19. The van der Waals surface area contributed by atoms with Crippen molar-refractivity contribution in [2.24, 2.45) is 5.73 Å². The summed E-state index contributed by atoms with van der Waals surface area (Å²) in [6.45, 7) is 13.5. The second-order valence-electron chi connectivity index (χ2n) is 19.9. The van der Waals surface area contributed by atoms with Crippen molar-refractivity contribution < 1.29 is 85.6 Å². The van der Waals surface area contributed by atoms with E-state index in [4.69, 9.17) is 62.6 Å². The van der Waals surface area contributed by atoms with Gasteiger partial charge in [0, 0.05) is 56.4 Å². The van der Waals surface area contributed by atoms with Crippen LogP contribution in [-0.2, 0) is 87.2 Å². The number of primary amides is 1. The minimum absolute atomic E-state index is 0.0106. The molecule has 0 aliphatic carbocycles. The summed E-state index contributed by atoms with van der Waals surface area (Å²) in [4.78, 5) is 74.4. The molecule has 2 aliphatic rings. The quantitative estimate of drug-likeness (QED) is 0.0362. The Bertz CT molecular complexity index is 1850. The molecule has 0 radical (unpaired) electrons. The molecule has 25 nitrogen and oxygen atoms in total. The van der Waals surface area contributed by atoms with Gasteiger partial charge in [0.2, 0.25) is 29.5 Å². The summed E-state index contributed by atoms with van der Waals surface area (Å²) >= 11 is 1.86. The Morgan fingerprint density at radius 3 is 1.44 bits per heavy atom. The maximum atomic E-state index is 13.5. The van der Waals surface area contributed by atoms with Crippen molar-refractivity contribution in [2.45, 2.75) is 120 Å². The number of benzene rings is 1. The molecular formula is C58H101N7O18S. The summed E-state index contributed by atoms with van der Waals surface area (Å²) < 4.78 is 66.3. The Labute approximate surface area is 501 Å². The summed E-state index contributed by atoms with van der Waals surface area (Å²) in [5.41, 5.74) is 6.51. The van der Waals surface area contributed by atoms with Gasteiger partial charge in [-0.3, -0.25) is 24.0 Å². The number of unbranched alkanes of at least 4 members (excludes halogenated alkanes) is 3. The van der Waals surface area contributed by atoms with Crippen LogP contribution in [0.1, 0.15) is 89.5 Å². The number of rotatable bonds is 59. The molecule has 1 aromatic rings. The van der Waals surface area contributed by atoms with Crippen molar-refractivity contribution >= 4 is 47.3 Å². The van der Waals surface area contributed by atoms with Crippen LogP contribution in [0.25, 0.3) is 0 Å². The highest BCUT2D eigenvalue weighted by Gasteiger charge is 2.42. The van der Waals surface area contributed by atoms with Crippen LogP contribution in [-0.4, -0.2) is 242 Å². The molecule has 0 spiro atoms. The Kier molecular flexibility index (Phi) is 45.7. The Morgan fingerprint density at radius 1 is 0.512 bits per heavy atom. The van der Waals surface area contributed by atoms with Gasteiger partial charge in [0.05, 0.1) is 164 Å². The molecule has 0 aromatic heterocycles. The van der Waals surface area contributed by atoms with Gasteiger partial charge in [-0.1, -0.05) is 50.1 Å². The van der Waals surface area contributed by atoms with E-state index in [1.165, 1.54) is 0 Å². The predicted molar refractivity (Wildman–Crippen MR) is 316 cm³/mol. The molecule has 3 unspecified atom stereocenters. The lowest BCUT2D eigenvalue weighted by atomic mass is 10.0. The first-order valence-electron chi connectivity index (χ1n) is 30.2. The van der Waals surface area contributed by atoms with Gasteiger partial charge in [0.25, 0.3) is 0 Å². The third-order valence-electron chi connectivity index (χ3n) is 13.0. The minimum Gasteiger partial charge on any atom is -0.379 e. The zero-order valence-electron chi connectivity index (χ0n) is 49.9. The summed E-state index contributed by atoms with van der Waals surface area (Å²) in [6.07, 6.45) is 7.94. The number of amides is 7. The monoisotopic (exact) mass is 1220 g/mol. The van der Waals surface area contributed by atoms with Gasteiger partial charge >= 0.3 is 6.03 Å². The van der Waals surface area contributed by atoms with Gasteiger partial charge in [-0.05, 0) is 50.5 Å². The average molecular weight is 1220 g/mol. The number of nitrogens with one attached hydrogen (secondary N) is 6. The van der Waals surface area contributed by atoms with Crippen LogP contribution in [0.4, 0.5) is 4.79 Å². The smallest absolute Gasteiger partial charge is 0.315 e. The van der Waals surface area contributed by atoms with Crippen LogP contribution in [0.3, 0.4) is 0 Å². The fraction of sp³-hybridized carbons (Fsp3) is 0.793. The van der Waals surface area contributed by atoms with E-state index >= 15 is 0 Å². The van der Waals surface area contributed by atoms with E-state index in [2.05, 4.69) is 38.8 Å². The number of carbonyl (C=O) groups excluding carboxylic acids is 6. The molecule has 84 heavy (non-hydrogen) atoms. The Morgan fingerprint density at radius 2 is 0.964 bits per heavy atom. The van der Waals surface area contributed by atoms with Gasteiger partial charge in [-0.15, -0.1) is 0 Å². The first-order chi connectivity index (χ1) is 41.2. The van der Waals surface area contributed by atoms with Crippen LogP contribution < -0.4 is 37.6 Å². The van der Waals surface area contributed by atoms with E-state index in [0.717, 1.165) is 49.8 Å². The molecular weight excluding hydrogens is 1110 g/mol. The topological polar surface area (TPSA) is 311 Å². The van der Waals surface area contributed by atoms with Crippen molar-refractivity contribution in [3.05, 3.63) is 35.9 Å². The van der Waals surface area contributed by atoms with E-state index in [0.29, 0.717) is 189 Å². The van der Waals surface area contributed by atoms with E-state index in [-0.39, 0.29) is 68.3 Å². The zero-order chi connectivity index (χ0) is 60.2. The number of nitrogens with two attached hydrogens (primary N) is 1. The summed E-state index contributed by atoms with van der Waals surface area (Å²) in [7, 11) is 0. The van der Waals surface area contributed by atoms with Gasteiger partial charge in [0.1, 0.15) is 12.1 Å². The molecule has 482 valence electrons. The number of hydrogen-bond donors (Lipinski definition) is 7. The molecule has 1 aromatic carbocycles. The van der Waals surface area contributed by atoms with Gasteiger partial charge < -0.3 is 94.5 Å². The fourth-order valence-corrected chi connectivity index (χ4v) is 10.0. The van der Waals surface area contributed by atoms with Crippen molar-refractivity contribution in [3.8, 4) is 0 Å². The van der Waals surface area contributed by atoms with Crippen molar-refractivity contribution in [2.75, 3.05) is 177 Å². The molecule has 5 atom stereocenters. The van der Waals surface area contributed by atoms with E-state index in [9.17, 15) is 28.8 Å². The zero-order valence-corrected chi connectivity index (χ0v) is 50.7. The van der Waals surface area contributed by atoms with E-state index in [1.54, 1.807) is 0 Å². The highest BCUT2D eigenvalue weighted by atomic mass is 32.2. The molecule has 2 aliphatic heterocycles. The standard InChI is InChI=1S/C58H101N7O18S/c1-2-3-16-52(66)61-20-11-21-72-23-25-74-27-29-76-31-33-78-35-37-80-39-41-82-43-44-83-42-40-81-38-36-79-34-32-77-30-28-75-26-24-73-22-18-54(68)62-49(45-47-12-5-4-6-13-47)57(70)63-48(56(59)69)14-9-10-19-60-53(67)17-8-7-15-51-55-50(46-84-51)64-58(71)65-55/h4-6,12-13,48-51,55H,2-3,7-11,14-46H2,1H3,(H2,59,69)(H,60,67)(H,61,66)(H,62,68)(H,63,70)(H2,64,65,71)/t48?,49-,50?,51+,55?/m1/s1. The van der Waals surface area contributed by atoms with E-state index in [1.807, 2.05) is 42.1 Å².